The smallest absolute Gasteiger partial charge is 0.148 e. The van der Waals surface area contributed by atoms with Crippen LogP contribution in [0, 0.1) is 6.92 Å². The molecule has 16 heavy (non-hydrogen) atoms. The van der Waals surface area contributed by atoms with Crippen molar-refractivity contribution in [1.82, 2.24) is 9.97 Å². The van der Waals surface area contributed by atoms with Gasteiger partial charge in [0.05, 0.1) is 16.7 Å². The first-order valence-electron chi connectivity index (χ1n) is 5.33. The number of hydrogen-bond donors (Lipinski definition) is 1. The second kappa shape index (κ2) is 4.31. The van der Waals surface area contributed by atoms with Gasteiger partial charge < -0.3 is 5.32 Å². The molecule has 0 aliphatic heterocycles. The predicted octanol–water partition coefficient (Wildman–Crippen LogP) is 2.92. The van der Waals surface area contributed by atoms with E-state index in [4.69, 9.17) is 0 Å². The molecular formula is C13H15N3. The number of aromatic nitrogens is 2. The maximum atomic E-state index is 4.54. The largest absolute Gasteiger partial charge is 0.363 e. The lowest BCUT2D eigenvalue weighted by Crippen LogP contribution is -2.14. The quantitative estimate of drug-likeness (QED) is 0.796. The molecule has 1 atom stereocenters. The maximum Gasteiger partial charge on any atom is 0.148 e. The van der Waals surface area contributed by atoms with E-state index in [1.165, 1.54) is 0 Å². The molecule has 0 fully saturated rings. The molecule has 2 aromatic rings. The molecule has 1 aromatic heterocycles. The van der Waals surface area contributed by atoms with Crippen molar-refractivity contribution >= 4 is 16.9 Å². The van der Waals surface area contributed by atoms with Gasteiger partial charge in [0.25, 0.3) is 0 Å². The van der Waals surface area contributed by atoms with Gasteiger partial charge in [-0.1, -0.05) is 18.2 Å². The van der Waals surface area contributed by atoms with E-state index in [9.17, 15) is 0 Å². The fourth-order valence-corrected chi connectivity index (χ4v) is 1.50. The van der Waals surface area contributed by atoms with Gasteiger partial charge in [-0.25, -0.2) is 9.97 Å². The van der Waals surface area contributed by atoms with Crippen molar-refractivity contribution in [2.75, 3.05) is 5.32 Å². The standard InChI is InChI=1S/C13H15N3/c1-4-9(2)14-13-10(3)15-11-7-5-6-8-12(11)16-13/h4-9H,1H2,2-3H3,(H,14,16). The van der Waals surface area contributed by atoms with Gasteiger partial charge in [-0.2, -0.15) is 0 Å². The van der Waals surface area contributed by atoms with Crippen molar-refractivity contribution in [1.29, 1.82) is 0 Å². The lowest BCUT2D eigenvalue weighted by molar-refractivity contribution is 0.973. The number of benzene rings is 1. The number of nitrogens with zero attached hydrogens (tertiary/aromatic N) is 2. The van der Waals surface area contributed by atoms with Crippen LogP contribution in [0.3, 0.4) is 0 Å². The Bertz CT molecular complexity index is 520. The molecule has 1 unspecified atom stereocenters. The fourth-order valence-electron chi connectivity index (χ4n) is 1.50. The van der Waals surface area contributed by atoms with Crippen LogP contribution in [0.5, 0.6) is 0 Å². The first-order chi connectivity index (χ1) is 7.70. The Hall–Kier alpha value is -1.90. The van der Waals surface area contributed by atoms with Crippen molar-refractivity contribution < 1.29 is 0 Å². The van der Waals surface area contributed by atoms with Crippen molar-refractivity contribution in [2.24, 2.45) is 0 Å². The zero-order valence-corrected chi connectivity index (χ0v) is 9.57. The highest BCUT2D eigenvalue weighted by atomic mass is 15.0. The molecule has 0 amide bonds. The van der Waals surface area contributed by atoms with Gasteiger partial charge >= 0.3 is 0 Å². The van der Waals surface area contributed by atoms with Gasteiger partial charge in [0.15, 0.2) is 0 Å². The number of nitrogens with one attached hydrogen (secondary N) is 1. The summed E-state index contributed by atoms with van der Waals surface area (Å²) in [5, 5.41) is 3.26. The van der Waals surface area contributed by atoms with E-state index < -0.39 is 0 Å². The van der Waals surface area contributed by atoms with E-state index >= 15 is 0 Å². The van der Waals surface area contributed by atoms with Crippen LogP contribution in [0.15, 0.2) is 36.9 Å². The Morgan fingerprint density at radius 2 is 1.88 bits per heavy atom. The molecule has 1 aromatic carbocycles. The van der Waals surface area contributed by atoms with Crippen molar-refractivity contribution in [3.63, 3.8) is 0 Å². The first kappa shape index (κ1) is 10.6. The minimum atomic E-state index is 0.189. The Morgan fingerprint density at radius 1 is 1.25 bits per heavy atom. The normalized spacial score (nSPS) is 12.4. The highest BCUT2D eigenvalue weighted by Crippen LogP contribution is 2.16. The Labute approximate surface area is 95.2 Å². The molecule has 82 valence electrons. The van der Waals surface area contributed by atoms with Gasteiger partial charge in [-0.05, 0) is 26.0 Å². The molecule has 1 heterocycles. The summed E-state index contributed by atoms with van der Waals surface area (Å²) in [4.78, 5) is 9.04. The lowest BCUT2D eigenvalue weighted by atomic mass is 10.2. The van der Waals surface area contributed by atoms with E-state index in [1.54, 1.807) is 0 Å². The van der Waals surface area contributed by atoms with Crippen LogP contribution in [0.2, 0.25) is 0 Å². The molecule has 0 bridgehead atoms. The van der Waals surface area contributed by atoms with Crippen LogP contribution in [0.25, 0.3) is 11.0 Å². The average molecular weight is 213 g/mol. The molecule has 0 spiro atoms. The monoisotopic (exact) mass is 213 g/mol. The van der Waals surface area contributed by atoms with E-state index in [-0.39, 0.29) is 6.04 Å². The highest BCUT2D eigenvalue weighted by Gasteiger charge is 2.05. The van der Waals surface area contributed by atoms with Crippen LogP contribution >= 0.6 is 0 Å². The lowest BCUT2D eigenvalue weighted by Gasteiger charge is -2.12. The number of aryl methyl sites for hydroxylation is 1. The fraction of sp³-hybridized carbons (Fsp3) is 0.231. The minimum absolute atomic E-state index is 0.189. The summed E-state index contributed by atoms with van der Waals surface area (Å²) in [6.45, 7) is 7.73. The molecule has 0 aliphatic carbocycles. The molecule has 0 saturated heterocycles. The number of para-hydroxylation sites is 2. The predicted molar refractivity (Wildman–Crippen MR) is 67.6 cm³/mol. The summed E-state index contributed by atoms with van der Waals surface area (Å²) in [5.41, 5.74) is 2.75. The average Bonchev–Trinajstić information content (AvgIpc) is 2.30. The van der Waals surface area contributed by atoms with Crippen molar-refractivity contribution in [3.8, 4) is 0 Å². The Morgan fingerprint density at radius 3 is 2.50 bits per heavy atom. The third-order valence-electron chi connectivity index (χ3n) is 2.46. The van der Waals surface area contributed by atoms with Crippen LogP contribution in [-0.2, 0) is 0 Å². The topological polar surface area (TPSA) is 37.8 Å². The van der Waals surface area contributed by atoms with Crippen LogP contribution < -0.4 is 5.32 Å². The van der Waals surface area contributed by atoms with Gasteiger partial charge in [-0.3, -0.25) is 0 Å². The number of rotatable bonds is 3. The summed E-state index contributed by atoms with van der Waals surface area (Å²) in [7, 11) is 0. The van der Waals surface area contributed by atoms with E-state index in [2.05, 4.69) is 21.9 Å². The molecule has 0 aliphatic rings. The summed E-state index contributed by atoms with van der Waals surface area (Å²) in [5.74, 6) is 0.825. The number of hydrogen-bond acceptors (Lipinski definition) is 3. The van der Waals surface area contributed by atoms with Crippen molar-refractivity contribution in [3.05, 3.63) is 42.6 Å². The summed E-state index contributed by atoms with van der Waals surface area (Å²) in [6, 6.07) is 8.05. The zero-order valence-electron chi connectivity index (χ0n) is 9.57. The van der Waals surface area contributed by atoms with Crippen LogP contribution in [0.4, 0.5) is 5.82 Å². The third-order valence-corrected chi connectivity index (χ3v) is 2.46. The molecule has 0 saturated carbocycles. The summed E-state index contributed by atoms with van der Waals surface area (Å²) in [6.07, 6.45) is 1.84. The first-order valence-corrected chi connectivity index (χ1v) is 5.33. The molecular weight excluding hydrogens is 198 g/mol. The minimum Gasteiger partial charge on any atom is -0.363 e. The Kier molecular flexibility index (Phi) is 2.86. The van der Waals surface area contributed by atoms with Gasteiger partial charge in [0.2, 0.25) is 0 Å². The highest BCUT2D eigenvalue weighted by molar-refractivity contribution is 5.76. The van der Waals surface area contributed by atoms with Gasteiger partial charge in [0, 0.05) is 6.04 Å². The Balaban J connectivity index is 2.45. The third kappa shape index (κ3) is 2.03. The molecule has 1 N–H and O–H groups in total. The number of anilines is 1. The second-order valence-corrected chi connectivity index (χ2v) is 3.82. The van der Waals surface area contributed by atoms with E-state index in [0.717, 1.165) is 22.5 Å². The summed E-state index contributed by atoms with van der Waals surface area (Å²) < 4.78 is 0. The van der Waals surface area contributed by atoms with Gasteiger partial charge in [-0.15, -0.1) is 6.58 Å². The van der Waals surface area contributed by atoms with Gasteiger partial charge in [0.1, 0.15) is 5.82 Å². The second-order valence-electron chi connectivity index (χ2n) is 3.82. The molecule has 3 heteroatoms. The maximum absolute atomic E-state index is 4.54. The van der Waals surface area contributed by atoms with E-state index in [1.807, 2.05) is 44.2 Å². The molecule has 3 nitrogen and oxygen atoms in total. The van der Waals surface area contributed by atoms with Crippen LogP contribution in [-0.4, -0.2) is 16.0 Å². The SMILES string of the molecule is C=CC(C)Nc1nc2ccccc2nc1C. The zero-order chi connectivity index (χ0) is 11.5. The van der Waals surface area contributed by atoms with Crippen LogP contribution in [0.1, 0.15) is 12.6 Å². The van der Waals surface area contributed by atoms with Crippen molar-refractivity contribution in [2.45, 2.75) is 19.9 Å². The molecule has 2 rings (SSSR count). The summed E-state index contributed by atoms with van der Waals surface area (Å²) >= 11 is 0. The van der Waals surface area contributed by atoms with E-state index in [0.29, 0.717) is 0 Å². The number of fused-ring (bicyclic) bond motifs is 1. The molecule has 0 radical (unpaired) electrons.